The second-order valence-electron chi connectivity index (χ2n) is 6.83. The molecule has 3 aromatic rings. The Hall–Kier alpha value is -2.67. The number of benzene rings is 2. The van der Waals surface area contributed by atoms with Crippen molar-refractivity contribution in [1.29, 1.82) is 0 Å². The Morgan fingerprint density at radius 3 is 2.59 bits per heavy atom. The zero-order chi connectivity index (χ0) is 20.8. The molecule has 0 aliphatic heterocycles. The van der Waals surface area contributed by atoms with Gasteiger partial charge in [-0.3, -0.25) is 10.2 Å². The molecule has 2 aromatic carbocycles. The van der Waals surface area contributed by atoms with Crippen LogP contribution in [0, 0.1) is 0 Å². The van der Waals surface area contributed by atoms with Gasteiger partial charge in [0.1, 0.15) is 5.82 Å². The van der Waals surface area contributed by atoms with Crippen LogP contribution in [0.5, 0.6) is 0 Å². The number of aliphatic hydroxyl groups is 1. The van der Waals surface area contributed by atoms with Crippen LogP contribution in [0.3, 0.4) is 0 Å². The Kier molecular flexibility index (Phi) is 7.04. The van der Waals surface area contributed by atoms with Gasteiger partial charge in [0, 0.05) is 18.5 Å². The van der Waals surface area contributed by atoms with E-state index >= 15 is 0 Å². The zero-order valence-electron chi connectivity index (χ0n) is 16.4. The molecule has 0 atom stereocenters. The molecule has 1 heterocycles. The molecule has 0 saturated heterocycles. The number of rotatable bonds is 8. The van der Waals surface area contributed by atoms with E-state index in [1.165, 1.54) is 0 Å². The molecule has 0 fully saturated rings. The van der Waals surface area contributed by atoms with E-state index in [9.17, 15) is 9.90 Å². The maximum absolute atomic E-state index is 12.0. The third-order valence-electron chi connectivity index (χ3n) is 4.91. The van der Waals surface area contributed by atoms with Crippen LogP contribution in [0.25, 0.3) is 11.1 Å². The zero-order valence-corrected chi connectivity index (χ0v) is 17.1. The monoisotopic (exact) mass is 412 g/mol. The fourth-order valence-corrected chi connectivity index (χ4v) is 3.61. The second kappa shape index (κ2) is 9.69. The van der Waals surface area contributed by atoms with Gasteiger partial charge in [-0.25, -0.2) is 10.8 Å². The number of hydrogen-bond acceptors (Lipinski definition) is 4. The molecule has 3 rings (SSSR count). The van der Waals surface area contributed by atoms with Crippen LogP contribution in [0.15, 0.2) is 48.5 Å². The van der Waals surface area contributed by atoms with Gasteiger partial charge in [0.15, 0.2) is 5.15 Å². The van der Waals surface area contributed by atoms with Crippen molar-refractivity contribution in [2.24, 2.45) is 5.84 Å². The van der Waals surface area contributed by atoms with Gasteiger partial charge in [-0.1, -0.05) is 67.4 Å². The highest BCUT2D eigenvalue weighted by Crippen LogP contribution is 2.25. The molecule has 0 saturated carbocycles. The van der Waals surface area contributed by atoms with Gasteiger partial charge >= 0.3 is 0 Å². The van der Waals surface area contributed by atoms with Crippen LogP contribution in [-0.2, 0) is 19.6 Å². The van der Waals surface area contributed by atoms with Gasteiger partial charge in [-0.05, 0) is 29.2 Å². The summed E-state index contributed by atoms with van der Waals surface area (Å²) in [5.74, 6) is 5.86. The van der Waals surface area contributed by atoms with E-state index in [1.807, 2.05) is 41.0 Å². The highest BCUT2D eigenvalue weighted by Gasteiger charge is 2.16. The predicted octanol–water partition coefficient (Wildman–Crippen LogP) is 3.69. The van der Waals surface area contributed by atoms with Gasteiger partial charge in [-0.15, -0.1) is 0 Å². The number of unbranched alkanes of at least 4 members (excludes halogenated alkanes) is 1. The lowest BCUT2D eigenvalue weighted by molar-refractivity contribution is 0.0954. The lowest BCUT2D eigenvalue weighted by Gasteiger charge is -2.13. The number of hydrazine groups is 1. The number of hydrogen-bond donors (Lipinski definition) is 3. The fraction of sp³-hybridized carbons (Fsp3) is 0.273. The summed E-state index contributed by atoms with van der Waals surface area (Å²) < 4.78 is 1.99. The van der Waals surface area contributed by atoms with Crippen molar-refractivity contribution in [1.82, 2.24) is 15.0 Å². The summed E-state index contributed by atoms with van der Waals surface area (Å²) in [7, 11) is 0. The number of aliphatic hydroxyl groups excluding tert-OH is 1. The molecule has 0 aliphatic rings. The number of nitrogens with one attached hydrogen (secondary N) is 1. The lowest BCUT2D eigenvalue weighted by Crippen LogP contribution is -2.30. The molecular weight excluding hydrogens is 388 g/mol. The van der Waals surface area contributed by atoms with E-state index < -0.39 is 0 Å². The molecule has 1 amide bonds. The van der Waals surface area contributed by atoms with Gasteiger partial charge in [0.05, 0.1) is 12.3 Å². The topological polar surface area (TPSA) is 93.2 Å². The van der Waals surface area contributed by atoms with Crippen LogP contribution in [0.1, 0.15) is 47.2 Å². The molecule has 0 spiro atoms. The largest absolute Gasteiger partial charge is 0.390 e. The van der Waals surface area contributed by atoms with Crippen molar-refractivity contribution in [2.75, 3.05) is 0 Å². The standard InChI is InChI=1S/C22H25ClN4O2/c1-2-3-8-20-25-21(23)19(14-28)27(20)13-15-9-11-16(12-10-15)17-6-4-5-7-18(17)22(29)26-24/h4-7,9-12,28H,2-3,8,13-14,24H2,1H3,(H,26,29). The molecule has 6 nitrogen and oxygen atoms in total. The van der Waals surface area contributed by atoms with Crippen molar-refractivity contribution < 1.29 is 9.90 Å². The summed E-state index contributed by atoms with van der Waals surface area (Å²) in [6.07, 6.45) is 2.89. The number of aromatic nitrogens is 2. The fourth-order valence-electron chi connectivity index (χ4n) is 3.35. The van der Waals surface area contributed by atoms with Crippen molar-refractivity contribution in [3.05, 3.63) is 76.3 Å². The van der Waals surface area contributed by atoms with Crippen LogP contribution in [-0.4, -0.2) is 20.6 Å². The van der Waals surface area contributed by atoms with Gasteiger partial charge in [0.25, 0.3) is 5.91 Å². The number of halogens is 1. The average molecular weight is 413 g/mol. The van der Waals surface area contributed by atoms with Crippen LogP contribution < -0.4 is 11.3 Å². The maximum atomic E-state index is 12.0. The number of amides is 1. The summed E-state index contributed by atoms with van der Waals surface area (Å²) in [5, 5.41) is 10.1. The smallest absolute Gasteiger partial charge is 0.265 e. The normalized spacial score (nSPS) is 10.9. The molecule has 0 radical (unpaired) electrons. The first kappa shape index (κ1) is 21.0. The molecule has 7 heteroatoms. The number of nitrogens with two attached hydrogens (primary N) is 1. The van der Waals surface area contributed by atoms with Gasteiger partial charge < -0.3 is 9.67 Å². The van der Waals surface area contributed by atoms with E-state index in [0.717, 1.165) is 41.8 Å². The molecule has 4 N–H and O–H groups in total. The van der Waals surface area contributed by atoms with Crippen molar-refractivity contribution in [3.63, 3.8) is 0 Å². The molecule has 0 unspecified atom stereocenters. The van der Waals surface area contributed by atoms with Crippen molar-refractivity contribution in [3.8, 4) is 11.1 Å². The summed E-state index contributed by atoms with van der Waals surface area (Å²) in [5.41, 5.74) is 6.13. The van der Waals surface area contributed by atoms with Gasteiger partial charge in [0.2, 0.25) is 0 Å². The first-order valence-corrected chi connectivity index (χ1v) is 10.0. The first-order valence-electron chi connectivity index (χ1n) is 9.63. The number of aryl methyl sites for hydroxylation is 1. The Bertz CT molecular complexity index is 983. The first-order chi connectivity index (χ1) is 14.1. The Labute approximate surface area is 175 Å². The summed E-state index contributed by atoms with van der Waals surface area (Å²) in [6, 6.07) is 15.3. The minimum atomic E-state index is -0.328. The Balaban J connectivity index is 1.89. The minimum absolute atomic E-state index is 0.155. The predicted molar refractivity (Wildman–Crippen MR) is 114 cm³/mol. The van der Waals surface area contributed by atoms with E-state index in [2.05, 4.69) is 17.3 Å². The lowest BCUT2D eigenvalue weighted by atomic mass is 9.98. The molecule has 152 valence electrons. The van der Waals surface area contributed by atoms with Crippen molar-refractivity contribution >= 4 is 17.5 Å². The molecule has 29 heavy (non-hydrogen) atoms. The Morgan fingerprint density at radius 1 is 1.21 bits per heavy atom. The number of carbonyl (C=O) groups is 1. The number of imidazole rings is 1. The van der Waals surface area contributed by atoms with E-state index in [4.69, 9.17) is 17.4 Å². The maximum Gasteiger partial charge on any atom is 0.265 e. The summed E-state index contributed by atoms with van der Waals surface area (Å²) in [4.78, 5) is 16.5. The third-order valence-corrected chi connectivity index (χ3v) is 5.22. The summed E-state index contributed by atoms with van der Waals surface area (Å²) >= 11 is 6.22. The van der Waals surface area contributed by atoms with Crippen molar-refractivity contribution in [2.45, 2.75) is 39.3 Å². The second-order valence-corrected chi connectivity index (χ2v) is 7.19. The average Bonchev–Trinajstić information content (AvgIpc) is 3.06. The Morgan fingerprint density at radius 2 is 1.93 bits per heavy atom. The molecule has 0 bridgehead atoms. The van der Waals surface area contributed by atoms with E-state index in [0.29, 0.717) is 23.0 Å². The van der Waals surface area contributed by atoms with Crippen LogP contribution >= 0.6 is 11.6 Å². The quantitative estimate of drug-likeness (QED) is 0.299. The molecule has 0 aliphatic carbocycles. The summed E-state index contributed by atoms with van der Waals surface area (Å²) in [6.45, 7) is 2.54. The third kappa shape index (κ3) is 4.67. The number of nitrogens with zero attached hydrogens (tertiary/aromatic N) is 2. The molecule has 1 aromatic heterocycles. The highest BCUT2D eigenvalue weighted by molar-refractivity contribution is 6.30. The highest BCUT2D eigenvalue weighted by atomic mass is 35.5. The van der Waals surface area contributed by atoms with Gasteiger partial charge in [-0.2, -0.15) is 0 Å². The minimum Gasteiger partial charge on any atom is -0.390 e. The van der Waals surface area contributed by atoms with Crippen LogP contribution in [0.4, 0.5) is 0 Å². The number of carbonyl (C=O) groups excluding carboxylic acids is 1. The van der Waals surface area contributed by atoms with E-state index in [-0.39, 0.29) is 12.5 Å². The van der Waals surface area contributed by atoms with Crippen LogP contribution in [0.2, 0.25) is 5.15 Å². The molecular formula is C22H25ClN4O2. The SMILES string of the molecule is CCCCc1nc(Cl)c(CO)n1Cc1ccc(-c2ccccc2C(=O)NN)cc1. The van der Waals surface area contributed by atoms with E-state index in [1.54, 1.807) is 12.1 Å². The number of nitrogen functional groups attached to an aromatic ring is 1.